The number of ether oxygens (including phenoxy) is 1. The van der Waals surface area contributed by atoms with E-state index >= 15 is 0 Å². The highest BCUT2D eigenvalue weighted by Crippen LogP contribution is 2.25. The quantitative estimate of drug-likeness (QED) is 0.679. The van der Waals surface area contributed by atoms with Gasteiger partial charge in [0.15, 0.2) is 0 Å². The van der Waals surface area contributed by atoms with E-state index in [2.05, 4.69) is 0 Å². The van der Waals surface area contributed by atoms with Crippen molar-refractivity contribution in [3.05, 3.63) is 26.8 Å². The van der Waals surface area contributed by atoms with Crippen molar-refractivity contribution in [3.8, 4) is 11.8 Å². The fourth-order valence-electron chi connectivity index (χ4n) is 1.22. The first-order valence-electron chi connectivity index (χ1n) is 4.65. The summed E-state index contributed by atoms with van der Waals surface area (Å²) in [5, 5.41) is 18.3. The Morgan fingerprint density at radius 2 is 2.31 bits per heavy atom. The van der Waals surface area contributed by atoms with Crippen LogP contribution in [-0.2, 0) is 16.0 Å². The number of nitrogens with zero attached hydrogens (tertiary/aromatic N) is 1. The minimum absolute atomic E-state index is 0.0456. The molecule has 0 saturated heterocycles. The van der Waals surface area contributed by atoms with Crippen LogP contribution in [0, 0.1) is 14.9 Å². The maximum absolute atomic E-state index is 11.2. The van der Waals surface area contributed by atoms with Gasteiger partial charge in [-0.3, -0.25) is 4.79 Å². The van der Waals surface area contributed by atoms with Gasteiger partial charge in [0.2, 0.25) is 0 Å². The van der Waals surface area contributed by atoms with Crippen LogP contribution in [0.4, 0.5) is 0 Å². The molecule has 0 aliphatic carbocycles. The molecule has 0 heterocycles. The summed E-state index contributed by atoms with van der Waals surface area (Å²) in [5.74, 6) is -0.386. The number of hydrogen-bond acceptors (Lipinski definition) is 4. The average Bonchev–Trinajstić information content (AvgIpc) is 2.23. The van der Waals surface area contributed by atoms with Crippen molar-refractivity contribution < 1.29 is 14.6 Å². The lowest BCUT2D eigenvalue weighted by molar-refractivity contribution is -0.142. The summed E-state index contributed by atoms with van der Waals surface area (Å²) < 4.78 is 5.35. The van der Waals surface area contributed by atoms with Gasteiger partial charge >= 0.3 is 5.97 Å². The van der Waals surface area contributed by atoms with Crippen molar-refractivity contribution in [2.75, 3.05) is 6.61 Å². The number of aromatic hydroxyl groups is 1. The number of nitriles is 1. The molecule has 1 N–H and O–H groups in total. The fourth-order valence-corrected chi connectivity index (χ4v) is 1.91. The van der Waals surface area contributed by atoms with Crippen molar-refractivity contribution in [1.29, 1.82) is 5.26 Å². The van der Waals surface area contributed by atoms with Gasteiger partial charge in [-0.15, -0.1) is 0 Å². The zero-order chi connectivity index (χ0) is 12.1. The van der Waals surface area contributed by atoms with Gasteiger partial charge in [0, 0.05) is 0 Å². The number of carbonyl (C=O) groups excluding carboxylic acids is 1. The molecule has 0 unspecified atom stereocenters. The fraction of sp³-hybridized carbons (Fsp3) is 0.273. The average molecular weight is 331 g/mol. The molecule has 0 atom stereocenters. The molecule has 0 spiro atoms. The lowest BCUT2D eigenvalue weighted by Gasteiger charge is -2.05. The first-order chi connectivity index (χ1) is 7.58. The first kappa shape index (κ1) is 12.8. The van der Waals surface area contributed by atoms with Gasteiger partial charge < -0.3 is 9.84 Å². The molecule has 0 aliphatic heterocycles. The van der Waals surface area contributed by atoms with E-state index in [-0.39, 0.29) is 23.7 Å². The number of rotatable bonds is 3. The molecule has 16 heavy (non-hydrogen) atoms. The van der Waals surface area contributed by atoms with E-state index in [1.807, 2.05) is 28.7 Å². The summed E-state index contributed by atoms with van der Waals surface area (Å²) in [4.78, 5) is 11.2. The highest BCUT2D eigenvalue weighted by atomic mass is 127. The summed E-state index contributed by atoms with van der Waals surface area (Å²) in [7, 11) is 0. The van der Waals surface area contributed by atoms with E-state index in [4.69, 9.17) is 10.00 Å². The van der Waals surface area contributed by atoms with Crippen molar-refractivity contribution in [2.24, 2.45) is 0 Å². The highest BCUT2D eigenvalue weighted by molar-refractivity contribution is 14.1. The Morgan fingerprint density at radius 3 is 2.88 bits per heavy atom. The van der Waals surface area contributed by atoms with Gasteiger partial charge in [0.1, 0.15) is 11.8 Å². The molecule has 0 amide bonds. The molecule has 1 aromatic rings. The summed E-state index contributed by atoms with van der Waals surface area (Å²) in [6, 6.07) is 5.03. The van der Waals surface area contributed by atoms with Crippen LogP contribution in [0.15, 0.2) is 12.1 Å². The lowest BCUT2D eigenvalue weighted by Crippen LogP contribution is -2.07. The maximum atomic E-state index is 11.2. The lowest BCUT2D eigenvalue weighted by atomic mass is 10.1. The van der Waals surface area contributed by atoms with Crippen LogP contribution < -0.4 is 0 Å². The van der Waals surface area contributed by atoms with Gasteiger partial charge in [-0.05, 0) is 47.2 Å². The Hall–Kier alpha value is -1.29. The summed E-state index contributed by atoms with van der Waals surface area (Å²) in [6.07, 6.45) is 0.110. The van der Waals surface area contributed by atoms with E-state index in [1.54, 1.807) is 13.0 Å². The van der Waals surface area contributed by atoms with Crippen LogP contribution in [-0.4, -0.2) is 17.7 Å². The molecule has 0 aromatic heterocycles. The molecule has 84 valence electrons. The Bertz CT molecular complexity index is 451. The third-order valence-corrected chi connectivity index (χ3v) is 2.72. The number of benzene rings is 1. The predicted octanol–water partition coefficient (Wildman–Crippen LogP) is 1.97. The normalized spacial score (nSPS) is 9.56. The number of halogens is 1. The Balaban J connectivity index is 2.95. The number of phenolic OH excluding ortho intramolecular Hbond substituents is 1. The zero-order valence-corrected chi connectivity index (χ0v) is 10.8. The van der Waals surface area contributed by atoms with E-state index < -0.39 is 0 Å². The molecule has 4 nitrogen and oxygen atoms in total. The van der Waals surface area contributed by atoms with Crippen LogP contribution in [0.1, 0.15) is 18.1 Å². The Kier molecular flexibility index (Phi) is 4.55. The Morgan fingerprint density at radius 1 is 1.62 bits per heavy atom. The summed E-state index contributed by atoms with van der Waals surface area (Å²) >= 11 is 1.91. The molecule has 0 bridgehead atoms. The molecule has 1 rings (SSSR count). The third-order valence-electron chi connectivity index (χ3n) is 1.90. The maximum Gasteiger partial charge on any atom is 0.310 e. The van der Waals surface area contributed by atoms with Crippen LogP contribution in [0.5, 0.6) is 5.75 Å². The van der Waals surface area contributed by atoms with E-state index in [9.17, 15) is 9.90 Å². The van der Waals surface area contributed by atoms with Crippen LogP contribution >= 0.6 is 22.6 Å². The largest absolute Gasteiger partial charge is 0.505 e. The van der Waals surface area contributed by atoms with E-state index in [1.165, 1.54) is 6.07 Å². The molecular weight excluding hydrogens is 321 g/mol. The molecule has 0 saturated carbocycles. The van der Waals surface area contributed by atoms with Gasteiger partial charge in [0.25, 0.3) is 0 Å². The number of esters is 1. The van der Waals surface area contributed by atoms with Gasteiger partial charge in [-0.2, -0.15) is 5.26 Å². The van der Waals surface area contributed by atoms with Crippen molar-refractivity contribution in [2.45, 2.75) is 13.3 Å². The van der Waals surface area contributed by atoms with Crippen LogP contribution in [0.2, 0.25) is 0 Å². The zero-order valence-electron chi connectivity index (χ0n) is 8.66. The molecular formula is C11H10INO3. The SMILES string of the molecule is CCOC(=O)Cc1cc(I)c(O)c(C#N)c1. The van der Waals surface area contributed by atoms with Gasteiger partial charge in [0.05, 0.1) is 22.2 Å². The first-order valence-corrected chi connectivity index (χ1v) is 5.73. The van der Waals surface area contributed by atoms with Gasteiger partial charge in [-0.1, -0.05) is 0 Å². The third kappa shape index (κ3) is 3.10. The minimum atomic E-state index is -0.340. The van der Waals surface area contributed by atoms with E-state index in [0.717, 1.165) is 0 Å². The van der Waals surface area contributed by atoms with Crippen molar-refractivity contribution >= 4 is 28.6 Å². The second-order valence-corrected chi connectivity index (χ2v) is 4.23. The predicted molar refractivity (Wildman–Crippen MR) is 65.9 cm³/mol. The standard InChI is InChI=1S/C11H10INO3/c1-2-16-10(14)5-7-3-8(6-13)11(15)9(12)4-7/h3-4,15H,2,5H2,1H3. The number of phenols is 1. The molecule has 0 radical (unpaired) electrons. The smallest absolute Gasteiger partial charge is 0.310 e. The van der Waals surface area contributed by atoms with Crippen molar-refractivity contribution in [3.63, 3.8) is 0 Å². The molecule has 1 aromatic carbocycles. The monoisotopic (exact) mass is 331 g/mol. The van der Waals surface area contributed by atoms with Gasteiger partial charge in [-0.25, -0.2) is 0 Å². The number of carbonyl (C=O) groups is 1. The number of hydrogen-bond donors (Lipinski definition) is 1. The van der Waals surface area contributed by atoms with E-state index in [0.29, 0.717) is 15.7 Å². The Labute approximate surface area is 107 Å². The second-order valence-electron chi connectivity index (χ2n) is 3.07. The second kappa shape index (κ2) is 5.70. The van der Waals surface area contributed by atoms with Crippen molar-refractivity contribution in [1.82, 2.24) is 0 Å². The molecule has 0 fully saturated rings. The minimum Gasteiger partial charge on any atom is -0.505 e. The highest BCUT2D eigenvalue weighted by Gasteiger charge is 2.10. The summed E-state index contributed by atoms with van der Waals surface area (Å²) in [5.41, 5.74) is 0.836. The van der Waals surface area contributed by atoms with Crippen LogP contribution in [0.3, 0.4) is 0 Å². The topological polar surface area (TPSA) is 70.3 Å². The molecule has 5 heteroatoms. The van der Waals surface area contributed by atoms with Crippen LogP contribution in [0.25, 0.3) is 0 Å². The molecule has 0 aliphatic rings. The summed E-state index contributed by atoms with van der Waals surface area (Å²) in [6.45, 7) is 2.07.